The Kier molecular flexibility index (Phi) is 9.97. The van der Waals surface area contributed by atoms with Crippen LogP contribution in [0, 0.1) is 0 Å². The fourth-order valence-corrected chi connectivity index (χ4v) is 1.23. The SMILES string of the molecule is CCC(C)(C(=O)O)N(C)C.NCCCOS(=O)(=O)O. The average Bonchev–Trinajstić information content (AvgIpc) is 2.27. The number of nitrogens with zero attached hydrogens (tertiary/aromatic N) is 1. The molecule has 0 bridgehead atoms. The lowest BCUT2D eigenvalue weighted by Crippen LogP contribution is -2.47. The van der Waals surface area contributed by atoms with Crippen molar-refractivity contribution in [2.24, 2.45) is 5.73 Å². The third-order valence-corrected chi connectivity index (χ3v) is 3.18. The minimum absolute atomic E-state index is 0.0602. The summed E-state index contributed by atoms with van der Waals surface area (Å²) in [4.78, 5) is 12.4. The molecule has 0 saturated carbocycles. The Balaban J connectivity index is 0. The van der Waals surface area contributed by atoms with Gasteiger partial charge in [0.15, 0.2) is 0 Å². The largest absolute Gasteiger partial charge is 0.480 e. The van der Waals surface area contributed by atoms with Gasteiger partial charge in [-0.15, -0.1) is 0 Å². The second-order valence-electron chi connectivity index (χ2n) is 4.22. The highest BCUT2D eigenvalue weighted by Gasteiger charge is 2.32. The first-order chi connectivity index (χ1) is 8.51. The van der Waals surface area contributed by atoms with Gasteiger partial charge >= 0.3 is 16.4 Å². The van der Waals surface area contributed by atoms with Crippen LogP contribution in [0.1, 0.15) is 26.7 Å². The van der Waals surface area contributed by atoms with Gasteiger partial charge in [0.1, 0.15) is 5.54 Å². The van der Waals surface area contributed by atoms with Crippen LogP contribution in [0.15, 0.2) is 0 Å². The lowest BCUT2D eigenvalue weighted by Gasteiger charge is -2.30. The molecule has 0 aliphatic carbocycles. The quantitative estimate of drug-likeness (QED) is 0.441. The van der Waals surface area contributed by atoms with Gasteiger partial charge in [-0.25, -0.2) is 4.18 Å². The van der Waals surface area contributed by atoms with E-state index in [0.29, 0.717) is 19.4 Å². The predicted molar refractivity (Wildman–Crippen MR) is 71.2 cm³/mol. The highest BCUT2D eigenvalue weighted by atomic mass is 32.3. The van der Waals surface area contributed by atoms with Crippen molar-refractivity contribution in [3.8, 4) is 0 Å². The molecule has 0 aromatic rings. The van der Waals surface area contributed by atoms with E-state index in [1.807, 2.05) is 6.92 Å². The number of carboxylic acid groups (broad SMARTS) is 1. The van der Waals surface area contributed by atoms with Gasteiger partial charge in [0.05, 0.1) is 6.61 Å². The molecule has 0 aliphatic heterocycles. The predicted octanol–water partition coefficient (Wildman–Crippen LogP) is -0.0441. The van der Waals surface area contributed by atoms with Gasteiger partial charge in [-0.1, -0.05) is 6.92 Å². The lowest BCUT2D eigenvalue weighted by molar-refractivity contribution is -0.149. The van der Waals surface area contributed by atoms with Crippen molar-refractivity contribution >= 4 is 16.4 Å². The van der Waals surface area contributed by atoms with E-state index in [4.69, 9.17) is 15.4 Å². The number of carboxylic acids is 1. The van der Waals surface area contributed by atoms with Gasteiger partial charge in [-0.3, -0.25) is 14.2 Å². The minimum Gasteiger partial charge on any atom is -0.480 e. The summed E-state index contributed by atoms with van der Waals surface area (Å²) in [6.07, 6.45) is 1.04. The highest BCUT2D eigenvalue weighted by Crippen LogP contribution is 2.15. The van der Waals surface area contributed by atoms with Gasteiger partial charge < -0.3 is 10.8 Å². The van der Waals surface area contributed by atoms with Crippen molar-refractivity contribution in [1.29, 1.82) is 0 Å². The van der Waals surface area contributed by atoms with E-state index >= 15 is 0 Å². The summed E-state index contributed by atoms with van der Waals surface area (Å²) >= 11 is 0. The topological polar surface area (TPSA) is 130 Å². The molecule has 0 heterocycles. The van der Waals surface area contributed by atoms with Crippen molar-refractivity contribution in [1.82, 2.24) is 4.90 Å². The van der Waals surface area contributed by atoms with Gasteiger partial charge in [0.25, 0.3) is 0 Å². The number of hydrogen-bond acceptors (Lipinski definition) is 6. The molecule has 4 N–H and O–H groups in total. The smallest absolute Gasteiger partial charge is 0.397 e. The molecule has 19 heavy (non-hydrogen) atoms. The number of likely N-dealkylation sites (N-methyl/N-ethyl adjacent to an activating group) is 1. The molecular weight excluding hydrogens is 276 g/mol. The Bertz CT molecular complexity index is 357. The van der Waals surface area contributed by atoms with Crippen LogP contribution in [0.4, 0.5) is 0 Å². The van der Waals surface area contributed by atoms with Crippen LogP contribution >= 0.6 is 0 Å². The molecule has 0 aromatic heterocycles. The molecule has 1 unspecified atom stereocenters. The zero-order valence-electron chi connectivity index (χ0n) is 11.8. The van der Waals surface area contributed by atoms with Crippen molar-refractivity contribution in [3.63, 3.8) is 0 Å². The van der Waals surface area contributed by atoms with Gasteiger partial charge in [-0.05, 0) is 40.4 Å². The van der Waals surface area contributed by atoms with Crippen molar-refractivity contribution in [2.45, 2.75) is 32.2 Å². The molecule has 0 radical (unpaired) electrons. The van der Waals surface area contributed by atoms with Crippen LogP contribution in [-0.2, 0) is 19.4 Å². The maximum absolute atomic E-state index is 10.7. The molecule has 0 fully saturated rings. The Morgan fingerprint density at radius 2 is 1.89 bits per heavy atom. The standard InChI is InChI=1S/C7H15NO2.C3H9NO4S/c1-5-7(2,6(9)10)8(3)4;4-2-1-3-8-9(5,6)7/h5H2,1-4H3,(H,9,10);1-4H2,(H,5,6,7). The van der Waals surface area contributed by atoms with E-state index in [1.165, 1.54) is 0 Å². The summed E-state index contributed by atoms with van der Waals surface area (Å²) in [5.41, 5.74) is 4.29. The molecule has 0 aliphatic rings. The Hall–Kier alpha value is -0.740. The Morgan fingerprint density at radius 3 is 2.05 bits per heavy atom. The fourth-order valence-electron chi connectivity index (χ4n) is 0.906. The summed E-state index contributed by atoms with van der Waals surface area (Å²) in [7, 11) is -0.701. The first-order valence-electron chi connectivity index (χ1n) is 5.74. The van der Waals surface area contributed by atoms with Gasteiger partial charge in [0.2, 0.25) is 0 Å². The molecule has 0 spiro atoms. The van der Waals surface area contributed by atoms with Gasteiger partial charge in [0, 0.05) is 0 Å². The Morgan fingerprint density at radius 1 is 1.42 bits per heavy atom. The van der Waals surface area contributed by atoms with E-state index in [2.05, 4.69) is 4.18 Å². The second kappa shape index (κ2) is 9.21. The highest BCUT2D eigenvalue weighted by molar-refractivity contribution is 7.80. The normalized spacial score (nSPS) is 14.5. The lowest BCUT2D eigenvalue weighted by atomic mass is 9.98. The van der Waals surface area contributed by atoms with Crippen molar-refractivity contribution < 1.29 is 27.1 Å². The van der Waals surface area contributed by atoms with Crippen molar-refractivity contribution in [2.75, 3.05) is 27.2 Å². The van der Waals surface area contributed by atoms with Crippen LogP contribution in [0.2, 0.25) is 0 Å². The molecular formula is C10H24N2O6S. The summed E-state index contributed by atoms with van der Waals surface area (Å²) in [6.45, 7) is 3.87. The zero-order valence-corrected chi connectivity index (χ0v) is 12.6. The summed E-state index contributed by atoms with van der Waals surface area (Å²) in [6, 6.07) is 0. The molecule has 0 amide bonds. The molecule has 0 aromatic carbocycles. The van der Waals surface area contributed by atoms with Gasteiger partial charge in [-0.2, -0.15) is 8.42 Å². The third kappa shape index (κ3) is 9.79. The maximum Gasteiger partial charge on any atom is 0.397 e. The summed E-state index contributed by atoms with van der Waals surface area (Å²) in [5.74, 6) is -0.764. The van der Waals surface area contributed by atoms with E-state index < -0.39 is 21.9 Å². The van der Waals surface area contributed by atoms with Crippen LogP contribution in [0.3, 0.4) is 0 Å². The molecule has 0 rings (SSSR count). The number of hydrogen-bond donors (Lipinski definition) is 3. The fraction of sp³-hybridized carbons (Fsp3) is 0.900. The third-order valence-electron chi connectivity index (χ3n) is 2.72. The summed E-state index contributed by atoms with van der Waals surface area (Å²) in [5, 5.41) is 8.76. The number of carbonyl (C=O) groups is 1. The second-order valence-corrected chi connectivity index (χ2v) is 5.31. The van der Waals surface area contributed by atoms with E-state index in [9.17, 15) is 13.2 Å². The van der Waals surface area contributed by atoms with Crippen molar-refractivity contribution in [3.05, 3.63) is 0 Å². The first-order valence-corrected chi connectivity index (χ1v) is 7.10. The van der Waals surface area contributed by atoms with Crippen LogP contribution in [0.5, 0.6) is 0 Å². The molecule has 9 heteroatoms. The molecule has 116 valence electrons. The number of aliphatic carboxylic acids is 1. The van der Waals surface area contributed by atoms with E-state index in [0.717, 1.165) is 0 Å². The maximum atomic E-state index is 10.7. The first kappa shape index (κ1) is 20.6. The van der Waals surface area contributed by atoms with E-state index in [-0.39, 0.29) is 6.61 Å². The minimum atomic E-state index is -4.25. The monoisotopic (exact) mass is 300 g/mol. The molecule has 8 nitrogen and oxygen atoms in total. The van der Waals surface area contributed by atoms with Crippen LogP contribution in [0.25, 0.3) is 0 Å². The van der Waals surface area contributed by atoms with Crippen LogP contribution < -0.4 is 5.73 Å². The molecule has 1 atom stereocenters. The zero-order chi connectivity index (χ0) is 15.7. The van der Waals surface area contributed by atoms with Crippen LogP contribution in [-0.4, -0.2) is 61.7 Å². The summed E-state index contributed by atoms with van der Waals surface area (Å²) < 4.78 is 31.5. The van der Waals surface area contributed by atoms with E-state index in [1.54, 1.807) is 25.9 Å². The Labute approximate surface area is 114 Å². The number of rotatable bonds is 7. The average molecular weight is 300 g/mol. The molecule has 0 saturated heterocycles. The number of nitrogens with two attached hydrogens (primary N) is 1.